The Morgan fingerprint density at radius 1 is 0.763 bits per heavy atom. The molecule has 0 amide bonds. The number of allylic oxidation sites excluding steroid dienone is 5. The van der Waals surface area contributed by atoms with Gasteiger partial charge in [-0.25, -0.2) is 0 Å². The van der Waals surface area contributed by atoms with E-state index in [0.29, 0.717) is 35.7 Å². The molecule has 0 saturated heterocycles. The summed E-state index contributed by atoms with van der Waals surface area (Å²) in [6, 6.07) is 0. The number of rotatable bonds is 4. The van der Waals surface area contributed by atoms with Gasteiger partial charge in [-0.3, -0.25) is 0 Å². The third-order valence-electron chi connectivity index (χ3n) is 8.59. The molecule has 0 spiro atoms. The van der Waals surface area contributed by atoms with Gasteiger partial charge in [0.15, 0.2) is 0 Å². The molecule has 8 atom stereocenters. The molecule has 0 aliphatic heterocycles. The van der Waals surface area contributed by atoms with Crippen molar-refractivity contribution in [2.24, 2.45) is 35.5 Å². The zero-order valence-electron chi connectivity index (χ0n) is 26.5. The number of hydrogen-bond donors (Lipinski definition) is 1. The molecule has 1 N–H and O–H groups in total. The predicted molar refractivity (Wildman–Crippen MR) is 164 cm³/mol. The third kappa shape index (κ3) is 9.96. The van der Waals surface area contributed by atoms with Crippen molar-refractivity contribution in [1.82, 2.24) is 0 Å². The van der Waals surface area contributed by atoms with E-state index in [1.54, 1.807) is 11.1 Å². The Morgan fingerprint density at radius 2 is 1.32 bits per heavy atom. The summed E-state index contributed by atoms with van der Waals surface area (Å²) in [5.41, 5.74) is 5.96. The second kappa shape index (κ2) is 20.2. The number of aliphatic hydroxyl groups excluding tert-OH is 1. The van der Waals surface area contributed by atoms with E-state index in [1.807, 2.05) is 0 Å². The van der Waals surface area contributed by atoms with Crippen LogP contribution in [0.1, 0.15) is 73.6 Å². The standard InChI is InChI=1S/C28H42O2.6CH3.2Pt/c1-16(2)21-8-7-17(3)22-10-12-28(26(22)14-21)30-20(6)24-15-25-23(9-11-27(25)29)18(4)13-19(24)5;;;;;;;;/h7,13-16,19-20,22-23,25-29H,8-12H2,1-6H3;6*1H3;;/q;6*-1;;. The van der Waals surface area contributed by atoms with Crippen LogP contribution in [-0.4, -0.2) is 23.4 Å². The zero-order chi connectivity index (χ0) is 21.6. The van der Waals surface area contributed by atoms with Crippen LogP contribution in [0.2, 0.25) is 0 Å². The van der Waals surface area contributed by atoms with Gasteiger partial charge in [-0.05, 0) is 82.1 Å². The molecule has 0 aromatic heterocycles. The molecule has 0 bridgehead atoms. The molecule has 234 valence electrons. The first-order valence-corrected chi connectivity index (χ1v) is 12.4. The second-order valence-corrected chi connectivity index (χ2v) is 10.8. The summed E-state index contributed by atoms with van der Waals surface area (Å²) in [5.74, 6) is 2.90. The van der Waals surface area contributed by atoms with Gasteiger partial charge in [0.2, 0.25) is 0 Å². The maximum atomic E-state index is 10.6. The van der Waals surface area contributed by atoms with E-state index in [9.17, 15) is 5.11 Å². The molecule has 2 fully saturated rings. The summed E-state index contributed by atoms with van der Waals surface area (Å²) in [4.78, 5) is 0. The molecule has 4 rings (SSSR count). The van der Waals surface area contributed by atoms with E-state index in [4.69, 9.17) is 4.74 Å². The minimum Gasteiger partial charge on any atom is -0.392 e. The number of ether oxygens (including phenoxy) is 1. The average Bonchev–Trinajstić information content (AvgIpc) is 3.16. The molecule has 8 unspecified atom stereocenters. The SMILES string of the molecule is CC1=CC(C)C(C(C)OC2CCC3C(C)=CCC(C(C)C)=CC23)=CC2C(O)CCC12.[CH3-].[CH3-].[CH3-].[CH3-].[CH3-].[CH3-].[Pt].[Pt]. The molecule has 4 heteroatoms. The van der Waals surface area contributed by atoms with Crippen LogP contribution in [0.5, 0.6) is 0 Å². The van der Waals surface area contributed by atoms with E-state index in [0.717, 1.165) is 25.7 Å². The van der Waals surface area contributed by atoms with Gasteiger partial charge in [0, 0.05) is 54.0 Å². The van der Waals surface area contributed by atoms with Crippen molar-refractivity contribution >= 4 is 0 Å². The van der Waals surface area contributed by atoms with Gasteiger partial charge >= 0.3 is 0 Å². The monoisotopic (exact) mass is 890 g/mol. The smallest absolute Gasteiger partial charge is 0.0766 e. The van der Waals surface area contributed by atoms with Crippen LogP contribution >= 0.6 is 0 Å². The van der Waals surface area contributed by atoms with Crippen molar-refractivity contribution in [1.29, 1.82) is 0 Å². The van der Waals surface area contributed by atoms with E-state index in [1.165, 1.54) is 17.6 Å². The van der Waals surface area contributed by atoms with Crippen LogP contribution in [0.15, 0.2) is 46.6 Å². The summed E-state index contributed by atoms with van der Waals surface area (Å²) >= 11 is 0. The summed E-state index contributed by atoms with van der Waals surface area (Å²) in [6.45, 7) is 13.8. The van der Waals surface area contributed by atoms with Gasteiger partial charge < -0.3 is 54.4 Å². The quantitative estimate of drug-likeness (QED) is 0.226. The maximum absolute atomic E-state index is 10.6. The van der Waals surface area contributed by atoms with Crippen LogP contribution in [0, 0.1) is 80.1 Å². The molecular formula is C34H60O2Pt2-6. The molecule has 4 aliphatic rings. The molecule has 4 aliphatic carbocycles. The van der Waals surface area contributed by atoms with Crippen molar-refractivity contribution in [2.45, 2.75) is 92.0 Å². The van der Waals surface area contributed by atoms with Gasteiger partial charge in [0.1, 0.15) is 0 Å². The van der Waals surface area contributed by atoms with E-state index < -0.39 is 0 Å². The largest absolute Gasteiger partial charge is 0.392 e. The minimum atomic E-state index is -0.201. The fourth-order valence-electron chi connectivity index (χ4n) is 6.67. The van der Waals surface area contributed by atoms with Crippen molar-refractivity contribution in [3.63, 3.8) is 0 Å². The van der Waals surface area contributed by atoms with Gasteiger partial charge in [0.05, 0.1) is 18.3 Å². The molecule has 0 aromatic rings. The van der Waals surface area contributed by atoms with Crippen LogP contribution in [0.25, 0.3) is 0 Å². The van der Waals surface area contributed by atoms with E-state index in [2.05, 4.69) is 65.8 Å². The Kier molecular flexibility index (Phi) is 25.5. The van der Waals surface area contributed by atoms with Gasteiger partial charge in [-0.1, -0.05) is 61.8 Å². The first kappa shape index (κ1) is 48.0. The molecule has 2 saturated carbocycles. The Morgan fingerprint density at radius 3 is 1.89 bits per heavy atom. The molecule has 2 nitrogen and oxygen atoms in total. The summed E-state index contributed by atoms with van der Waals surface area (Å²) in [5, 5.41) is 10.6. The van der Waals surface area contributed by atoms with Gasteiger partial charge in [0.25, 0.3) is 0 Å². The molecular weight excluding hydrogens is 831 g/mol. The van der Waals surface area contributed by atoms with Crippen LogP contribution in [-0.2, 0) is 46.9 Å². The minimum absolute atomic E-state index is 0. The Balaban J connectivity index is -0.000000454. The Bertz CT molecular complexity index is 779. The Hall–Kier alpha value is 0.257. The van der Waals surface area contributed by atoms with Crippen molar-refractivity contribution < 1.29 is 52.0 Å². The number of aliphatic hydroxyl groups is 1. The van der Waals surface area contributed by atoms with Crippen molar-refractivity contribution in [3.8, 4) is 0 Å². The van der Waals surface area contributed by atoms with Crippen molar-refractivity contribution in [3.05, 3.63) is 91.2 Å². The normalized spacial score (nSPS) is 31.5. The summed E-state index contributed by atoms with van der Waals surface area (Å²) < 4.78 is 6.85. The Labute approximate surface area is 269 Å². The predicted octanol–water partition coefficient (Wildman–Crippen LogP) is 9.32. The van der Waals surface area contributed by atoms with Crippen molar-refractivity contribution in [2.75, 3.05) is 0 Å². The number of fused-ring (bicyclic) bond motifs is 2. The van der Waals surface area contributed by atoms with Gasteiger partial charge in [-0.2, -0.15) is 0 Å². The van der Waals surface area contributed by atoms with E-state index >= 15 is 0 Å². The first-order valence-electron chi connectivity index (χ1n) is 12.4. The summed E-state index contributed by atoms with van der Waals surface area (Å²) in [6.07, 6.45) is 15.6. The van der Waals surface area contributed by atoms with Crippen LogP contribution < -0.4 is 0 Å². The molecule has 38 heavy (non-hydrogen) atoms. The first-order chi connectivity index (χ1) is 14.3. The number of hydrogen-bond acceptors (Lipinski definition) is 2. The fraction of sp³-hybridized carbons (Fsp3) is 0.588. The third-order valence-corrected chi connectivity index (χ3v) is 8.59. The fourth-order valence-corrected chi connectivity index (χ4v) is 6.67. The van der Waals surface area contributed by atoms with Gasteiger partial charge in [-0.15, -0.1) is 0 Å². The second-order valence-electron chi connectivity index (χ2n) is 10.8. The van der Waals surface area contributed by atoms with Crippen LogP contribution in [0.3, 0.4) is 0 Å². The topological polar surface area (TPSA) is 29.5 Å². The van der Waals surface area contributed by atoms with E-state index in [-0.39, 0.29) is 105 Å². The molecule has 0 heterocycles. The molecule has 0 radical (unpaired) electrons. The maximum Gasteiger partial charge on any atom is 0.0766 e. The zero-order valence-corrected chi connectivity index (χ0v) is 31.1. The molecule has 0 aromatic carbocycles. The summed E-state index contributed by atoms with van der Waals surface area (Å²) in [7, 11) is 0. The average molecular weight is 891 g/mol. The van der Waals surface area contributed by atoms with Crippen LogP contribution in [0.4, 0.5) is 0 Å².